The highest BCUT2D eigenvalue weighted by Gasteiger charge is 2.20. The highest BCUT2D eigenvalue weighted by Crippen LogP contribution is 2.35. The van der Waals surface area contributed by atoms with Gasteiger partial charge in [0.25, 0.3) is 5.91 Å². The van der Waals surface area contributed by atoms with E-state index in [9.17, 15) is 14.9 Å². The van der Waals surface area contributed by atoms with Gasteiger partial charge < -0.3 is 19.5 Å². The summed E-state index contributed by atoms with van der Waals surface area (Å²) >= 11 is 3.43. The smallest absolute Gasteiger partial charge is 0.344 e. The number of hydrogen-bond donors (Lipinski definition) is 1. The molecule has 0 atom stereocenters. The number of nitriles is 1. The van der Waals surface area contributed by atoms with Gasteiger partial charge in [0.1, 0.15) is 11.6 Å². The van der Waals surface area contributed by atoms with Crippen molar-refractivity contribution in [3.8, 4) is 17.6 Å². The van der Waals surface area contributed by atoms with Crippen LogP contribution in [0.3, 0.4) is 0 Å². The Labute approximate surface area is 179 Å². The number of carbonyl (C=O) groups is 2. The van der Waals surface area contributed by atoms with Gasteiger partial charge in [0.2, 0.25) is 0 Å². The topological polar surface area (TPSA) is 97.7 Å². The molecule has 1 N–H and O–H groups in total. The second-order valence-electron chi connectivity index (χ2n) is 6.47. The van der Waals surface area contributed by atoms with Crippen molar-refractivity contribution in [3.05, 3.63) is 27.7 Å². The fourth-order valence-electron chi connectivity index (χ4n) is 3.02. The molecule has 1 aliphatic rings. The monoisotopic (exact) mass is 464 g/mol. The standard InChI is InChI=1S/C21H25BrN2O5/c1-3-27-18-10-14(17(22)11-19(18)29-13-20(25)28-4-2)9-15(12-23)21(26)24-16-7-5-6-8-16/h9-11,16H,3-8,13H2,1-2H3,(H,24,26)/b15-9-. The zero-order chi connectivity index (χ0) is 21.2. The van der Waals surface area contributed by atoms with Crippen LogP contribution >= 0.6 is 15.9 Å². The summed E-state index contributed by atoms with van der Waals surface area (Å²) in [6.07, 6.45) is 5.57. The third kappa shape index (κ3) is 6.79. The average Bonchev–Trinajstić information content (AvgIpc) is 3.20. The van der Waals surface area contributed by atoms with Crippen LogP contribution in [0.5, 0.6) is 11.5 Å². The van der Waals surface area contributed by atoms with Gasteiger partial charge in [0.15, 0.2) is 18.1 Å². The van der Waals surface area contributed by atoms with Crippen LogP contribution in [0.25, 0.3) is 6.08 Å². The third-order valence-electron chi connectivity index (χ3n) is 4.37. The van der Waals surface area contributed by atoms with Gasteiger partial charge >= 0.3 is 5.97 Å². The summed E-state index contributed by atoms with van der Waals surface area (Å²) in [5.41, 5.74) is 0.607. The number of esters is 1. The second kappa shape index (κ2) is 11.5. The van der Waals surface area contributed by atoms with Crippen LogP contribution in [0, 0.1) is 11.3 Å². The molecular formula is C21H25BrN2O5. The highest BCUT2D eigenvalue weighted by molar-refractivity contribution is 9.10. The minimum absolute atomic E-state index is 0.0141. The van der Waals surface area contributed by atoms with Crippen LogP contribution in [0.4, 0.5) is 0 Å². The second-order valence-corrected chi connectivity index (χ2v) is 7.33. The van der Waals surface area contributed by atoms with Gasteiger partial charge in [0, 0.05) is 10.5 Å². The predicted molar refractivity (Wildman–Crippen MR) is 111 cm³/mol. The molecule has 29 heavy (non-hydrogen) atoms. The van der Waals surface area contributed by atoms with E-state index in [2.05, 4.69) is 21.2 Å². The first-order chi connectivity index (χ1) is 14.0. The van der Waals surface area contributed by atoms with Gasteiger partial charge in [-0.25, -0.2) is 4.79 Å². The first-order valence-corrected chi connectivity index (χ1v) is 10.4. The molecule has 1 amide bonds. The Morgan fingerprint density at radius 1 is 1.21 bits per heavy atom. The van der Waals surface area contributed by atoms with E-state index in [1.807, 2.05) is 13.0 Å². The number of hydrogen-bond acceptors (Lipinski definition) is 6. The normalized spacial score (nSPS) is 14.2. The van der Waals surface area contributed by atoms with Crippen molar-refractivity contribution in [2.24, 2.45) is 0 Å². The molecular weight excluding hydrogens is 440 g/mol. The molecule has 1 aliphatic carbocycles. The van der Waals surface area contributed by atoms with E-state index < -0.39 is 5.97 Å². The molecule has 0 radical (unpaired) electrons. The van der Waals surface area contributed by atoms with Crippen molar-refractivity contribution in [1.82, 2.24) is 5.32 Å². The van der Waals surface area contributed by atoms with Crippen molar-refractivity contribution >= 4 is 33.9 Å². The maximum atomic E-state index is 12.4. The largest absolute Gasteiger partial charge is 0.490 e. The summed E-state index contributed by atoms with van der Waals surface area (Å²) < 4.78 is 16.6. The zero-order valence-electron chi connectivity index (χ0n) is 16.6. The molecule has 1 saturated carbocycles. The fraction of sp³-hybridized carbons (Fsp3) is 0.476. The number of amides is 1. The van der Waals surface area contributed by atoms with Crippen molar-refractivity contribution in [2.45, 2.75) is 45.6 Å². The van der Waals surface area contributed by atoms with Gasteiger partial charge in [-0.15, -0.1) is 0 Å². The van der Waals surface area contributed by atoms with Crippen LogP contribution in [-0.4, -0.2) is 37.7 Å². The molecule has 0 bridgehead atoms. The third-order valence-corrected chi connectivity index (χ3v) is 5.06. The van der Waals surface area contributed by atoms with E-state index in [1.54, 1.807) is 19.1 Å². The Morgan fingerprint density at radius 2 is 1.90 bits per heavy atom. The molecule has 2 rings (SSSR count). The number of nitrogens with one attached hydrogen (secondary N) is 1. The van der Waals surface area contributed by atoms with Gasteiger partial charge in [-0.05, 0) is 50.5 Å². The Hall–Kier alpha value is -2.53. The van der Waals surface area contributed by atoms with E-state index in [1.165, 1.54) is 6.08 Å². The molecule has 8 heteroatoms. The lowest BCUT2D eigenvalue weighted by atomic mass is 10.1. The molecule has 1 fully saturated rings. The summed E-state index contributed by atoms with van der Waals surface area (Å²) in [5, 5.41) is 12.4. The van der Waals surface area contributed by atoms with Crippen molar-refractivity contribution in [1.29, 1.82) is 5.26 Å². The van der Waals surface area contributed by atoms with Gasteiger partial charge in [-0.3, -0.25) is 4.79 Å². The molecule has 0 heterocycles. The Kier molecular flexibility index (Phi) is 9.00. The zero-order valence-corrected chi connectivity index (χ0v) is 18.2. The number of benzene rings is 1. The minimum Gasteiger partial charge on any atom is -0.490 e. The molecule has 0 aromatic heterocycles. The molecule has 1 aromatic carbocycles. The minimum atomic E-state index is -0.481. The molecule has 7 nitrogen and oxygen atoms in total. The summed E-state index contributed by atoms with van der Waals surface area (Å²) in [6.45, 7) is 3.95. The van der Waals surface area contributed by atoms with Gasteiger partial charge in [-0.2, -0.15) is 5.26 Å². The van der Waals surface area contributed by atoms with E-state index in [-0.39, 0.29) is 30.7 Å². The Morgan fingerprint density at radius 3 is 2.52 bits per heavy atom. The lowest BCUT2D eigenvalue weighted by molar-refractivity contribution is -0.145. The Balaban J connectivity index is 2.23. The van der Waals surface area contributed by atoms with E-state index in [0.29, 0.717) is 28.1 Å². The van der Waals surface area contributed by atoms with Crippen LogP contribution in [-0.2, 0) is 14.3 Å². The van der Waals surface area contributed by atoms with E-state index in [4.69, 9.17) is 14.2 Å². The number of carbonyl (C=O) groups excluding carboxylic acids is 2. The number of nitrogens with zero attached hydrogens (tertiary/aromatic N) is 1. The van der Waals surface area contributed by atoms with Crippen molar-refractivity contribution < 1.29 is 23.8 Å². The SMILES string of the molecule is CCOC(=O)COc1cc(Br)c(/C=C(/C#N)C(=O)NC2CCCC2)cc1OCC. The van der Waals surface area contributed by atoms with E-state index >= 15 is 0 Å². The van der Waals surface area contributed by atoms with E-state index in [0.717, 1.165) is 25.7 Å². The lowest BCUT2D eigenvalue weighted by Gasteiger charge is -2.14. The van der Waals surface area contributed by atoms with Crippen LogP contribution in [0.15, 0.2) is 22.2 Å². The molecule has 0 unspecified atom stereocenters. The number of rotatable bonds is 9. The molecule has 0 aliphatic heterocycles. The first kappa shape index (κ1) is 22.8. The fourth-order valence-corrected chi connectivity index (χ4v) is 3.46. The van der Waals surface area contributed by atoms with Crippen LogP contribution in [0.2, 0.25) is 0 Å². The molecule has 0 spiro atoms. The van der Waals surface area contributed by atoms with Gasteiger partial charge in [0.05, 0.1) is 13.2 Å². The van der Waals surface area contributed by atoms with Crippen molar-refractivity contribution in [3.63, 3.8) is 0 Å². The van der Waals surface area contributed by atoms with Crippen molar-refractivity contribution in [2.75, 3.05) is 19.8 Å². The lowest BCUT2D eigenvalue weighted by Crippen LogP contribution is -2.33. The maximum Gasteiger partial charge on any atom is 0.344 e. The average molecular weight is 465 g/mol. The maximum absolute atomic E-state index is 12.4. The highest BCUT2D eigenvalue weighted by atomic mass is 79.9. The molecule has 1 aromatic rings. The number of halogens is 1. The first-order valence-electron chi connectivity index (χ1n) is 9.65. The summed E-state index contributed by atoms with van der Waals surface area (Å²) in [7, 11) is 0. The predicted octanol–water partition coefficient (Wildman–Crippen LogP) is 3.76. The van der Waals surface area contributed by atoms with Crippen LogP contribution < -0.4 is 14.8 Å². The Bertz CT molecular complexity index is 810. The van der Waals surface area contributed by atoms with Crippen LogP contribution in [0.1, 0.15) is 45.1 Å². The molecule has 156 valence electrons. The summed E-state index contributed by atoms with van der Waals surface area (Å²) in [4.78, 5) is 24.0. The summed E-state index contributed by atoms with van der Waals surface area (Å²) in [6, 6.07) is 5.39. The molecule has 0 saturated heterocycles. The number of ether oxygens (including phenoxy) is 3. The quantitative estimate of drug-likeness (QED) is 0.339. The summed E-state index contributed by atoms with van der Waals surface area (Å²) in [5.74, 6) is -0.102. The van der Waals surface area contributed by atoms with Gasteiger partial charge in [-0.1, -0.05) is 28.8 Å².